The van der Waals surface area contributed by atoms with Crippen LogP contribution in [0, 0.1) is 24.7 Å². The van der Waals surface area contributed by atoms with Gasteiger partial charge in [-0.2, -0.15) is 4.98 Å². The van der Waals surface area contributed by atoms with Crippen LogP contribution in [0.3, 0.4) is 0 Å². The van der Waals surface area contributed by atoms with E-state index in [0.717, 1.165) is 13.1 Å². The van der Waals surface area contributed by atoms with Crippen LogP contribution in [0.4, 0.5) is 6.01 Å². The van der Waals surface area contributed by atoms with Crippen LogP contribution in [0.15, 0.2) is 4.52 Å². The number of anilines is 1. The molecule has 4 atom stereocenters. The van der Waals surface area contributed by atoms with Crippen LogP contribution in [0.2, 0.25) is 0 Å². The van der Waals surface area contributed by atoms with E-state index in [1.807, 2.05) is 18.9 Å². The van der Waals surface area contributed by atoms with Crippen molar-refractivity contribution in [1.29, 1.82) is 0 Å². The highest BCUT2D eigenvalue weighted by atomic mass is 16.5. The van der Waals surface area contributed by atoms with Gasteiger partial charge < -0.3 is 14.3 Å². The molecule has 2 bridgehead atoms. The molecule has 1 aliphatic carbocycles. The van der Waals surface area contributed by atoms with E-state index in [4.69, 9.17) is 4.52 Å². The fourth-order valence-electron chi connectivity index (χ4n) is 5.86. The lowest BCUT2D eigenvalue weighted by molar-refractivity contribution is -0.133. The number of nitrogens with zero attached hydrogens (tertiary/aromatic N) is 5. The average Bonchev–Trinajstić information content (AvgIpc) is 2.96. The predicted octanol–water partition coefficient (Wildman–Crippen LogP) is 1.92. The fraction of sp³-hybridized carbons (Fsp3) is 0.850. The summed E-state index contributed by atoms with van der Waals surface area (Å²) in [7, 11) is 1.95. The number of aryl methyl sites for hydroxylation is 1. The van der Waals surface area contributed by atoms with Crippen LogP contribution in [0.25, 0.3) is 0 Å². The minimum absolute atomic E-state index is 0.284. The highest BCUT2D eigenvalue weighted by Gasteiger charge is 2.61. The maximum absolute atomic E-state index is 12.6. The zero-order valence-electron chi connectivity index (χ0n) is 16.8. The van der Waals surface area contributed by atoms with E-state index < -0.39 is 0 Å². The fourth-order valence-corrected chi connectivity index (χ4v) is 5.86. The van der Waals surface area contributed by atoms with Crippen molar-refractivity contribution in [2.24, 2.45) is 17.8 Å². The lowest BCUT2D eigenvalue weighted by Gasteiger charge is -2.42. The third kappa shape index (κ3) is 2.77. The Morgan fingerprint density at radius 2 is 1.78 bits per heavy atom. The van der Waals surface area contributed by atoms with E-state index in [2.05, 4.69) is 33.8 Å². The lowest BCUT2D eigenvalue weighted by atomic mass is 9.96. The van der Waals surface area contributed by atoms with Gasteiger partial charge in [0.05, 0.1) is 0 Å². The minimum Gasteiger partial charge on any atom is -0.343 e. The number of rotatable bonds is 4. The summed E-state index contributed by atoms with van der Waals surface area (Å²) in [5, 5.41) is 3.98. The maximum atomic E-state index is 12.6. The Morgan fingerprint density at radius 1 is 1.15 bits per heavy atom. The summed E-state index contributed by atoms with van der Waals surface area (Å²) >= 11 is 0. The monoisotopic (exact) mass is 373 g/mol. The summed E-state index contributed by atoms with van der Waals surface area (Å²) in [6.07, 6.45) is 4.82. The second-order valence-electron chi connectivity index (χ2n) is 9.39. The first kappa shape index (κ1) is 17.5. The van der Waals surface area contributed by atoms with Crippen molar-refractivity contribution in [1.82, 2.24) is 19.9 Å². The molecule has 1 aromatic heterocycles. The second kappa shape index (κ2) is 6.19. The third-order valence-electron chi connectivity index (χ3n) is 7.59. The molecule has 4 heterocycles. The molecule has 0 N–H and O–H groups in total. The van der Waals surface area contributed by atoms with Crippen LogP contribution in [-0.4, -0.2) is 70.2 Å². The molecule has 1 aromatic rings. The Balaban J connectivity index is 1.20. The van der Waals surface area contributed by atoms with Crippen molar-refractivity contribution in [2.75, 3.05) is 25.0 Å². The minimum atomic E-state index is 0.284. The van der Waals surface area contributed by atoms with Gasteiger partial charge in [-0.25, -0.2) is 0 Å². The molecule has 1 saturated carbocycles. The number of fused-ring (bicyclic) bond motifs is 3. The third-order valence-corrected chi connectivity index (χ3v) is 7.59. The first-order valence-corrected chi connectivity index (χ1v) is 10.5. The second-order valence-corrected chi connectivity index (χ2v) is 9.39. The zero-order chi connectivity index (χ0) is 18.9. The highest BCUT2D eigenvalue weighted by molar-refractivity contribution is 5.82. The molecule has 7 nitrogen and oxygen atoms in total. The van der Waals surface area contributed by atoms with Gasteiger partial charge >= 0.3 is 6.01 Å². The number of likely N-dealkylation sites (tertiary alicyclic amines) is 1. The number of aromatic nitrogens is 2. The largest absolute Gasteiger partial charge is 0.343 e. The summed E-state index contributed by atoms with van der Waals surface area (Å²) < 4.78 is 5.46. The van der Waals surface area contributed by atoms with Gasteiger partial charge in [-0.1, -0.05) is 5.16 Å². The van der Waals surface area contributed by atoms with Gasteiger partial charge in [-0.3, -0.25) is 9.69 Å². The van der Waals surface area contributed by atoms with E-state index in [-0.39, 0.29) is 5.92 Å². The van der Waals surface area contributed by atoms with Gasteiger partial charge in [0.1, 0.15) is 0 Å². The Morgan fingerprint density at radius 3 is 2.30 bits per heavy atom. The summed E-state index contributed by atoms with van der Waals surface area (Å²) in [4.78, 5) is 24.1. The normalized spacial score (nSPS) is 37.7. The number of piperidine rings is 2. The van der Waals surface area contributed by atoms with Crippen LogP contribution < -0.4 is 4.90 Å². The number of hydrogen-bond donors (Lipinski definition) is 0. The number of hydrogen-bond acceptors (Lipinski definition) is 6. The van der Waals surface area contributed by atoms with Gasteiger partial charge in [0.15, 0.2) is 5.82 Å². The molecule has 27 heavy (non-hydrogen) atoms. The predicted molar refractivity (Wildman–Crippen MR) is 101 cm³/mol. The Labute approximate surface area is 161 Å². The molecule has 148 valence electrons. The maximum Gasteiger partial charge on any atom is 0.324 e. The van der Waals surface area contributed by atoms with Gasteiger partial charge in [0.2, 0.25) is 5.91 Å². The van der Waals surface area contributed by atoms with E-state index in [1.165, 1.54) is 25.7 Å². The Kier molecular flexibility index (Phi) is 4.00. The van der Waals surface area contributed by atoms with Crippen LogP contribution in [0.5, 0.6) is 0 Å². The van der Waals surface area contributed by atoms with E-state index in [1.54, 1.807) is 0 Å². The molecule has 0 aromatic carbocycles. The number of carbonyl (C=O) groups excluding carboxylic acids is 1. The van der Waals surface area contributed by atoms with E-state index in [0.29, 0.717) is 53.7 Å². The van der Waals surface area contributed by atoms with Crippen LogP contribution in [0.1, 0.15) is 45.4 Å². The van der Waals surface area contributed by atoms with E-state index >= 15 is 0 Å². The molecule has 4 aliphatic rings. The standard InChI is InChI=1S/C20H31N5O2/c1-11(2)23(4)19(26)18-16-9-24(10-17(16)18)15-7-13-5-6-14(8-15)25(13)20-21-12(3)22-27-20/h11,13-18H,5-10H2,1-4H3. The molecule has 4 unspecified atom stereocenters. The molecular formula is C20H31N5O2. The van der Waals surface area contributed by atoms with Crippen molar-refractivity contribution in [2.45, 2.75) is 70.6 Å². The molecule has 7 heteroatoms. The molecule has 5 rings (SSSR count). The van der Waals surface area contributed by atoms with Crippen molar-refractivity contribution < 1.29 is 9.32 Å². The Hall–Kier alpha value is -1.63. The summed E-state index contributed by atoms with van der Waals surface area (Å²) in [6, 6.07) is 2.70. The number of carbonyl (C=O) groups is 1. The molecule has 0 radical (unpaired) electrons. The van der Waals surface area contributed by atoms with Crippen LogP contribution >= 0.6 is 0 Å². The van der Waals surface area contributed by atoms with E-state index in [9.17, 15) is 4.79 Å². The van der Waals surface area contributed by atoms with Crippen molar-refractivity contribution in [3.05, 3.63) is 5.82 Å². The quantitative estimate of drug-likeness (QED) is 0.803. The summed E-state index contributed by atoms with van der Waals surface area (Å²) in [6.45, 7) is 8.29. The summed E-state index contributed by atoms with van der Waals surface area (Å²) in [5.74, 6) is 2.54. The Bertz CT molecular complexity index is 708. The van der Waals surface area contributed by atoms with Gasteiger partial charge in [-0.15, -0.1) is 0 Å². The summed E-state index contributed by atoms with van der Waals surface area (Å²) in [5.41, 5.74) is 0. The van der Waals surface area contributed by atoms with Gasteiger partial charge in [0, 0.05) is 50.2 Å². The molecule has 0 spiro atoms. The molecule has 3 aliphatic heterocycles. The highest BCUT2D eigenvalue weighted by Crippen LogP contribution is 2.54. The average molecular weight is 374 g/mol. The first-order chi connectivity index (χ1) is 12.9. The lowest BCUT2D eigenvalue weighted by Crippen LogP contribution is -2.51. The SMILES string of the molecule is Cc1noc(N2C3CCC2CC(N2CC4C(C2)C4C(=O)N(C)C(C)C)C3)n1. The van der Waals surface area contributed by atoms with Gasteiger partial charge in [0.25, 0.3) is 0 Å². The topological polar surface area (TPSA) is 65.7 Å². The molecular weight excluding hydrogens is 342 g/mol. The van der Waals surface area contributed by atoms with Crippen molar-refractivity contribution in [3.63, 3.8) is 0 Å². The first-order valence-electron chi connectivity index (χ1n) is 10.5. The smallest absolute Gasteiger partial charge is 0.324 e. The number of amides is 1. The zero-order valence-corrected chi connectivity index (χ0v) is 16.8. The van der Waals surface area contributed by atoms with Crippen LogP contribution in [-0.2, 0) is 4.79 Å². The van der Waals surface area contributed by atoms with Crippen molar-refractivity contribution >= 4 is 11.9 Å². The molecule has 3 saturated heterocycles. The molecule has 4 fully saturated rings. The van der Waals surface area contributed by atoms with Gasteiger partial charge in [-0.05, 0) is 58.3 Å². The van der Waals surface area contributed by atoms with Crippen molar-refractivity contribution in [3.8, 4) is 0 Å². The molecule has 1 amide bonds.